The number of benzene rings is 1. The number of aliphatic hydroxyl groups is 1. The number of carbonyl (C=O) groups is 1. The Morgan fingerprint density at radius 2 is 2.44 bits per heavy atom. The van der Waals surface area contributed by atoms with Crippen molar-refractivity contribution in [1.82, 2.24) is 4.98 Å². The summed E-state index contributed by atoms with van der Waals surface area (Å²) in [5, 5.41) is 11.4. The molecule has 1 amide bonds. The van der Waals surface area contributed by atoms with Crippen LogP contribution in [0.4, 0.5) is 5.69 Å². The Balaban J connectivity index is 2.17. The summed E-state index contributed by atoms with van der Waals surface area (Å²) in [7, 11) is 0. The molecule has 5 nitrogen and oxygen atoms in total. The van der Waals surface area contributed by atoms with Crippen LogP contribution in [-0.4, -0.2) is 28.6 Å². The second kappa shape index (κ2) is 4.56. The molecule has 0 bridgehead atoms. The fraction of sp³-hybridized carbons (Fsp3) is 0.200. The summed E-state index contributed by atoms with van der Waals surface area (Å²) in [6.45, 7) is -0.366. The van der Waals surface area contributed by atoms with Crippen molar-refractivity contribution in [2.24, 2.45) is 5.73 Å². The molecule has 16 heavy (non-hydrogen) atoms. The molecule has 0 aliphatic heterocycles. The number of rotatable bonds is 3. The molecule has 1 aromatic carbocycles. The molecular weight excluding hydrogens is 226 g/mol. The van der Waals surface area contributed by atoms with Crippen LogP contribution in [0, 0.1) is 0 Å². The molecule has 1 atom stereocenters. The molecule has 2 aromatic rings. The average molecular weight is 237 g/mol. The lowest BCUT2D eigenvalue weighted by molar-refractivity contribution is -0.118. The van der Waals surface area contributed by atoms with E-state index < -0.39 is 11.9 Å². The zero-order valence-electron chi connectivity index (χ0n) is 8.38. The molecule has 0 saturated carbocycles. The van der Waals surface area contributed by atoms with E-state index in [1.54, 1.807) is 11.6 Å². The van der Waals surface area contributed by atoms with Crippen LogP contribution in [0.15, 0.2) is 23.7 Å². The van der Waals surface area contributed by atoms with Gasteiger partial charge in [-0.3, -0.25) is 4.79 Å². The molecule has 0 aliphatic rings. The maximum atomic E-state index is 11.4. The van der Waals surface area contributed by atoms with Crippen molar-refractivity contribution in [2.75, 3.05) is 11.9 Å². The summed E-state index contributed by atoms with van der Waals surface area (Å²) < 4.78 is 0.996. The first-order valence-corrected chi connectivity index (χ1v) is 5.59. The van der Waals surface area contributed by atoms with Gasteiger partial charge in [0, 0.05) is 5.69 Å². The Hall–Kier alpha value is -1.50. The number of hydrogen-bond acceptors (Lipinski definition) is 5. The van der Waals surface area contributed by atoms with Gasteiger partial charge in [0.1, 0.15) is 6.04 Å². The number of carbonyl (C=O) groups excluding carboxylic acids is 1. The van der Waals surface area contributed by atoms with Crippen molar-refractivity contribution in [3.05, 3.63) is 23.7 Å². The van der Waals surface area contributed by atoms with Gasteiger partial charge in [0.2, 0.25) is 5.91 Å². The van der Waals surface area contributed by atoms with E-state index in [0.29, 0.717) is 5.69 Å². The Labute approximate surface area is 95.9 Å². The minimum atomic E-state index is -0.892. The largest absolute Gasteiger partial charge is 0.394 e. The van der Waals surface area contributed by atoms with E-state index in [1.807, 2.05) is 12.1 Å². The van der Waals surface area contributed by atoms with E-state index >= 15 is 0 Å². The number of aliphatic hydroxyl groups excluding tert-OH is 1. The van der Waals surface area contributed by atoms with Crippen molar-refractivity contribution >= 4 is 33.1 Å². The summed E-state index contributed by atoms with van der Waals surface area (Å²) in [6.07, 6.45) is 0. The van der Waals surface area contributed by atoms with E-state index in [-0.39, 0.29) is 6.61 Å². The molecule has 0 spiro atoms. The maximum Gasteiger partial charge on any atom is 0.243 e. The van der Waals surface area contributed by atoms with Gasteiger partial charge in [0.25, 0.3) is 0 Å². The number of aromatic nitrogens is 1. The summed E-state index contributed by atoms with van der Waals surface area (Å²) >= 11 is 1.50. The fourth-order valence-corrected chi connectivity index (χ4v) is 1.97. The van der Waals surface area contributed by atoms with Gasteiger partial charge in [-0.25, -0.2) is 4.98 Å². The quantitative estimate of drug-likeness (QED) is 0.727. The van der Waals surface area contributed by atoms with Crippen LogP contribution in [0.5, 0.6) is 0 Å². The van der Waals surface area contributed by atoms with E-state index in [9.17, 15) is 4.79 Å². The number of nitrogens with zero attached hydrogens (tertiary/aromatic N) is 1. The van der Waals surface area contributed by atoms with Crippen molar-refractivity contribution < 1.29 is 9.90 Å². The van der Waals surface area contributed by atoms with Gasteiger partial charge in [0.05, 0.1) is 22.3 Å². The van der Waals surface area contributed by atoms with E-state index in [2.05, 4.69) is 10.3 Å². The van der Waals surface area contributed by atoms with Gasteiger partial charge in [-0.05, 0) is 18.2 Å². The lowest BCUT2D eigenvalue weighted by atomic mass is 10.2. The maximum absolute atomic E-state index is 11.4. The van der Waals surface area contributed by atoms with Gasteiger partial charge in [-0.2, -0.15) is 0 Å². The molecule has 0 radical (unpaired) electrons. The Bertz CT molecular complexity index is 511. The molecule has 84 valence electrons. The minimum absolute atomic E-state index is 0.366. The van der Waals surface area contributed by atoms with Crippen LogP contribution in [-0.2, 0) is 4.79 Å². The number of amides is 1. The number of nitrogens with two attached hydrogens (primary N) is 1. The molecule has 0 aliphatic carbocycles. The van der Waals surface area contributed by atoms with E-state index in [1.165, 1.54) is 11.3 Å². The molecule has 0 fully saturated rings. The van der Waals surface area contributed by atoms with Crippen LogP contribution in [0.3, 0.4) is 0 Å². The van der Waals surface area contributed by atoms with Crippen molar-refractivity contribution in [2.45, 2.75) is 6.04 Å². The predicted molar refractivity (Wildman–Crippen MR) is 63.3 cm³/mol. The Morgan fingerprint density at radius 1 is 1.62 bits per heavy atom. The van der Waals surface area contributed by atoms with Crippen LogP contribution in [0.1, 0.15) is 0 Å². The highest BCUT2D eigenvalue weighted by atomic mass is 32.1. The van der Waals surface area contributed by atoms with Crippen LogP contribution < -0.4 is 11.1 Å². The monoisotopic (exact) mass is 237 g/mol. The summed E-state index contributed by atoms with van der Waals surface area (Å²) in [5.74, 6) is -0.397. The number of anilines is 1. The summed E-state index contributed by atoms with van der Waals surface area (Å²) in [4.78, 5) is 15.5. The molecule has 2 rings (SSSR count). The molecule has 4 N–H and O–H groups in total. The van der Waals surface area contributed by atoms with Gasteiger partial charge >= 0.3 is 0 Å². The topological polar surface area (TPSA) is 88.2 Å². The number of thiazole rings is 1. The van der Waals surface area contributed by atoms with Crippen LogP contribution in [0.25, 0.3) is 10.2 Å². The first-order valence-electron chi connectivity index (χ1n) is 4.71. The molecule has 1 unspecified atom stereocenters. The third kappa shape index (κ3) is 2.19. The van der Waals surface area contributed by atoms with Gasteiger partial charge in [-0.15, -0.1) is 11.3 Å². The number of nitrogens with one attached hydrogen (secondary N) is 1. The highest BCUT2D eigenvalue weighted by Crippen LogP contribution is 2.21. The van der Waals surface area contributed by atoms with Crippen molar-refractivity contribution in [3.63, 3.8) is 0 Å². The van der Waals surface area contributed by atoms with Crippen LogP contribution >= 0.6 is 11.3 Å². The van der Waals surface area contributed by atoms with Crippen molar-refractivity contribution in [1.29, 1.82) is 0 Å². The highest BCUT2D eigenvalue weighted by Gasteiger charge is 2.12. The highest BCUT2D eigenvalue weighted by molar-refractivity contribution is 7.16. The lowest BCUT2D eigenvalue weighted by Crippen LogP contribution is -2.38. The van der Waals surface area contributed by atoms with E-state index in [4.69, 9.17) is 10.8 Å². The van der Waals surface area contributed by atoms with Gasteiger partial charge in [-0.1, -0.05) is 0 Å². The standard InChI is InChI=1S/C10H11N3O2S/c11-7(4-14)10(15)13-6-1-2-8-9(3-6)16-5-12-8/h1-3,5,7,14H,4,11H2,(H,13,15). The fourth-order valence-electron chi connectivity index (χ4n) is 1.25. The minimum Gasteiger partial charge on any atom is -0.394 e. The first kappa shape index (κ1) is 11.0. The third-order valence-corrected chi connectivity index (χ3v) is 2.92. The van der Waals surface area contributed by atoms with E-state index in [0.717, 1.165) is 10.2 Å². The zero-order chi connectivity index (χ0) is 11.5. The van der Waals surface area contributed by atoms with Gasteiger partial charge < -0.3 is 16.2 Å². The Morgan fingerprint density at radius 3 is 3.19 bits per heavy atom. The number of fused-ring (bicyclic) bond motifs is 1. The molecule has 1 heterocycles. The third-order valence-electron chi connectivity index (χ3n) is 2.13. The normalized spacial score (nSPS) is 12.6. The summed E-state index contributed by atoms with van der Waals surface area (Å²) in [6, 6.07) is 4.52. The summed E-state index contributed by atoms with van der Waals surface area (Å²) in [5.41, 5.74) is 8.69. The second-order valence-electron chi connectivity index (χ2n) is 3.31. The molecule has 6 heteroatoms. The zero-order valence-corrected chi connectivity index (χ0v) is 9.20. The van der Waals surface area contributed by atoms with Crippen LogP contribution in [0.2, 0.25) is 0 Å². The SMILES string of the molecule is NC(CO)C(=O)Nc1ccc2ncsc2c1. The molecule has 1 aromatic heterocycles. The smallest absolute Gasteiger partial charge is 0.243 e. The Kier molecular flexibility index (Phi) is 3.14. The second-order valence-corrected chi connectivity index (χ2v) is 4.20. The van der Waals surface area contributed by atoms with Crippen molar-refractivity contribution in [3.8, 4) is 0 Å². The molecule has 0 saturated heterocycles. The molecular formula is C10H11N3O2S. The first-order chi connectivity index (χ1) is 7.70. The number of hydrogen-bond donors (Lipinski definition) is 3. The predicted octanol–water partition coefficient (Wildman–Crippen LogP) is 0.554. The van der Waals surface area contributed by atoms with Gasteiger partial charge in [0.15, 0.2) is 0 Å². The average Bonchev–Trinajstić information content (AvgIpc) is 2.75. The lowest BCUT2D eigenvalue weighted by Gasteiger charge is -2.09.